The van der Waals surface area contributed by atoms with E-state index in [4.69, 9.17) is 9.47 Å². The van der Waals surface area contributed by atoms with Crippen LogP contribution >= 0.6 is 0 Å². The molecule has 28 heavy (non-hydrogen) atoms. The van der Waals surface area contributed by atoms with E-state index in [1.54, 1.807) is 32.4 Å². The van der Waals surface area contributed by atoms with Crippen molar-refractivity contribution in [2.75, 3.05) is 58.4 Å². The van der Waals surface area contributed by atoms with Gasteiger partial charge >= 0.3 is 0 Å². The Morgan fingerprint density at radius 1 is 0.964 bits per heavy atom. The molecule has 2 aromatic rings. The first kappa shape index (κ1) is 20.0. The largest absolute Gasteiger partial charge is 0.497 e. The fourth-order valence-electron chi connectivity index (χ4n) is 3.41. The molecule has 0 aromatic heterocycles. The van der Waals surface area contributed by atoms with Crippen LogP contribution in [0.3, 0.4) is 0 Å². The predicted molar refractivity (Wildman–Crippen MR) is 112 cm³/mol. The third-order valence-corrected chi connectivity index (χ3v) is 5.04. The molecule has 1 N–H and O–H groups in total. The van der Waals surface area contributed by atoms with Gasteiger partial charge in [-0.05, 0) is 37.2 Å². The van der Waals surface area contributed by atoms with Gasteiger partial charge in [-0.3, -0.25) is 9.69 Å². The first-order chi connectivity index (χ1) is 13.7. The number of methoxy groups -OCH3 is 2. The lowest BCUT2D eigenvalue weighted by molar-refractivity contribution is 0.0950. The number of carbonyl (C=O) groups excluding carboxylic acids is 1. The van der Waals surface area contributed by atoms with E-state index in [0.29, 0.717) is 23.6 Å². The number of nitrogens with one attached hydrogen (secondary N) is 1. The Bertz CT molecular complexity index is 737. The van der Waals surface area contributed by atoms with Crippen molar-refractivity contribution in [3.05, 3.63) is 54.1 Å². The zero-order valence-electron chi connectivity index (χ0n) is 16.7. The SMILES string of the molecule is COc1cc(OC)cc(C(=O)NCCCN2CCN(c3ccccc3)CC2)c1. The maximum Gasteiger partial charge on any atom is 0.251 e. The Balaban J connectivity index is 1.39. The van der Waals surface area contributed by atoms with Gasteiger partial charge in [-0.1, -0.05) is 18.2 Å². The van der Waals surface area contributed by atoms with Crippen molar-refractivity contribution in [3.8, 4) is 11.5 Å². The smallest absolute Gasteiger partial charge is 0.251 e. The van der Waals surface area contributed by atoms with Gasteiger partial charge < -0.3 is 19.7 Å². The summed E-state index contributed by atoms with van der Waals surface area (Å²) >= 11 is 0. The lowest BCUT2D eigenvalue weighted by Crippen LogP contribution is -2.47. The van der Waals surface area contributed by atoms with Crippen molar-refractivity contribution in [3.63, 3.8) is 0 Å². The molecule has 150 valence electrons. The molecule has 6 nitrogen and oxygen atoms in total. The summed E-state index contributed by atoms with van der Waals surface area (Å²) in [7, 11) is 3.15. The van der Waals surface area contributed by atoms with Crippen LogP contribution in [0, 0.1) is 0 Å². The van der Waals surface area contributed by atoms with Gasteiger partial charge in [0.25, 0.3) is 5.91 Å². The molecule has 0 saturated carbocycles. The minimum Gasteiger partial charge on any atom is -0.497 e. The third-order valence-electron chi connectivity index (χ3n) is 5.04. The number of hydrogen-bond acceptors (Lipinski definition) is 5. The van der Waals surface area contributed by atoms with Gasteiger partial charge in [-0.25, -0.2) is 0 Å². The lowest BCUT2D eigenvalue weighted by Gasteiger charge is -2.36. The van der Waals surface area contributed by atoms with Crippen molar-refractivity contribution < 1.29 is 14.3 Å². The summed E-state index contributed by atoms with van der Waals surface area (Å²) in [6.45, 7) is 5.83. The first-order valence-corrected chi connectivity index (χ1v) is 9.73. The van der Waals surface area contributed by atoms with Crippen LogP contribution in [0.25, 0.3) is 0 Å². The number of ether oxygens (including phenoxy) is 2. The zero-order valence-corrected chi connectivity index (χ0v) is 16.7. The molecule has 1 amide bonds. The number of anilines is 1. The molecule has 3 rings (SSSR count). The van der Waals surface area contributed by atoms with Crippen LogP contribution in [-0.4, -0.2) is 64.3 Å². The second kappa shape index (κ2) is 9.99. The average molecular weight is 383 g/mol. The highest BCUT2D eigenvalue weighted by molar-refractivity contribution is 5.95. The van der Waals surface area contributed by atoms with E-state index in [1.165, 1.54) is 5.69 Å². The van der Waals surface area contributed by atoms with Gasteiger partial charge in [0.2, 0.25) is 0 Å². The van der Waals surface area contributed by atoms with E-state index >= 15 is 0 Å². The Hall–Kier alpha value is -2.73. The van der Waals surface area contributed by atoms with Crippen LogP contribution in [0.2, 0.25) is 0 Å². The van der Waals surface area contributed by atoms with Crippen LogP contribution in [0.1, 0.15) is 16.8 Å². The van der Waals surface area contributed by atoms with E-state index < -0.39 is 0 Å². The van der Waals surface area contributed by atoms with E-state index in [2.05, 4.69) is 45.4 Å². The second-order valence-electron chi connectivity index (χ2n) is 6.88. The number of nitrogens with zero attached hydrogens (tertiary/aromatic N) is 2. The minimum atomic E-state index is -0.105. The lowest BCUT2D eigenvalue weighted by atomic mass is 10.2. The van der Waals surface area contributed by atoms with Crippen LogP contribution in [-0.2, 0) is 0 Å². The van der Waals surface area contributed by atoms with E-state index in [1.807, 2.05) is 0 Å². The van der Waals surface area contributed by atoms with Gasteiger partial charge in [-0.15, -0.1) is 0 Å². The number of para-hydroxylation sites is 1. The Kier molecular flexibility index (Phi) is 7.14. The molecule has 1 aliphatic rings. The van der Waals surface area contributed by atoms with Crippen molar-refractivity contribution in [1.82, 2.24) is 10.2 Å². The van der Waals surface area contributed by atoms with Crippen molar-refractivity contribution >= 4 is 11.6 Å². The fraction of sp³-hybridized carbons (Fsp3) is 0.409. The number of carbonyl (C=O) groups is 1. The molecule has 1 saturated heterocycles. The van der Waals surface area contributed by atoms with Crippen molar-refractivity contribution in [1.29, 1.82) is 0 Å². The summed E-state index contributed by atoms with van der Waals surface area (Å²) in [5, 5.41) is 2.99. The summed E-state index contributed by atoms with van der Waals surface area (Å²) < 4.78 is 10.4. The maximum absolute atomic E-state index is 12.4. The summed E-state index contributed by atoms with van der Waals surface area (Å²) in [4.78, 5) is 17.3. The molecule has 1 aliphatic heterocycles. The Labute approximate surface area is 167 Å². The fourth-order valence-corrected chi connectivity index (χ4v) is 3.41. The predicted octanol–water partition coefficient (Wildman–Crippen LogP) is 2.65. The number of hydrogen-bond donors (Lipinski definition) is 1. The third kappa shape index (κ3) is 5.39. The number of benzene rings is 2. The highest BCUT2D eigenvalue weighted by Gasteiger charge is 2.16. The van der Waals surface area contributed by atoms with Gasteiger partial charge in [0, 0.05) is 50.0 Å². The standard InChI is InChI=1S/C22H29N3O3/c1-27-20-15-18(16-21(17-20)28-2)22(26)23-9-6-10-24-11-13-25(14-12-24)19-7-4-3-5-8-19/h3-5,7-8,15-17H,6,9-14H2,1-2H3,(H,23,26). The average Bonchev–Trinajstić information content (AvgIpc) is 2.77. The highest BCUT2D eigenvalue weighted by Crippen LogP contribution is 2.22. The molecule has 0 unspecified atom stereocenters. The molecule has 6 heteroatoms. The molecule has 1 heterocycles. The zero-order chi connectivity index (χ0) is 19.8. The molecule has 0 spiro atoms. The molecular weight excluding hydrogens is 354 g/mol. The first-order valence-electron chi connectivity index (χ1n) is 9.73. The summed E-state index contributed by atoms with van der Waals surface area (Å²) in [5.41, 5.74) is 1.84. The number of rotatable bonds is 8. The van der Waals surface area contributed by atoms with E-state index in [-0.39, 0.29) is 5.91 Å². The summed E-state index contributed by atoms with van der Waals surface area (Å²) in [6.07, 6.45) is 0.929. The summed E-state index contributed by atoms with van der Waals surface area (Å²) in [5.74, 6) is 1.12. The molecule has 2 aromatic carbocycles. The molecule has 0 bridgehead atoms. The Morgan fingerprint density at radius 2 is 1.61 bits per heavy atom. The maximum atomic E-state index is 12.4. The van der Waals surface area contributed by atoms with Crippen LogP contribution in [0.15, 0.2) is 48.5 Å². The molecule has 0 aliphatic carbocycles. The van der Waals surface area contributed by atoms with Crippen molar-refractivity contribution in [2.24, 2.45) is 0 Å². The van der Waals surface area contributed by atoms with Crippen LogP contribution < -0.4 is 19.7 Å². The van der Waals surface area contributed by atoms with Gasteiger partial charge in [0.1, 0.15) is 11.5 Å². The second-order valence-corrected chi connectivity index (χ2v) is 6.88. The topological polar surface area (TPSA) is 54.0 Å². The van der Waals surface area contributed by atoms with E-state index in [0.717, 1.165) is 39.1 Å². The van der Waals surface area contributed by atoms with Gasteiger partial charge in [0.15, 0.2) is 0 Å². The van der Waals surface area contributed by atoms with Crippen molar-refractivity contribution in [2.45, 2.75) is 6.42 Å². The van der Waals surface area contributed by atoms with Crippen LogP contribution in [0.4, 0.5) is 5.69 Å². The Morgan fingerprint density at radius 3 is 2.21 bits per heavy atom. The minimum absolute atomic E-state index is 0.105. The molecule has 0 atom stereocenters. The monoisotopic (exact) mass is 383 g/mol. The number of amides is 1. The molecule has 0 radical (unpaired) electrons. The van der Waals surface area contributed by atoms with Crippen LogP contribution in [0.5, 0.6) is 11.5 Å². The van der Waals surface area contributed by atoms with Gasteiger partial charge in [-0.2, -0.15) is 0 Å². The normalized spacial score (nSPS) is 14.6. The quantitative estimate of drug-likeness (QED) is 0.711. The number of piperazine rings is 1. The van der Waals surface area contributed by atoms with Gasteiger partial charge in [0.05, 0.1) is 14.2 Å². The molecular formula is C22H29N3O3. The van der Waals surface area contributed by atoms with E-state index in [9.17, 15) is 4.79 Å². The summed E-state index contributed by atoms with van der Waals surface area (Å²) in [6, 6.07) is 15.8. The highest BCUT2D eigenvalue weighted by atomic mass is 16.5. The molecule has 1 fully saturated rings.